The molecule has 214 valence electrons. The Labute approximate surface area is 245 Å². The Morgan fingerprint density at radius 3 is 2.64 bits per heavy atom. The Morgan fingerprint density at radius 2 is 1.95 bits per heavy atom. The van der Waals surface area contributed by atoms with Gasteiger partial charge in [-0.15, -0.1) is 6.42 Å². The van der Waals surface area contributed by atoms with Crippen molar-refractivity contribution in [2.45, 2.75) is 19.8 Å². The van der Waals surface area contributed by atoms with E-state index in [1.165, 1.54) is 5.57 Å². The van der Waals surface area contributed by atoms with Crippen LogP contribution in [-0.2, 0) is 16.6 Å². The number of nitrogens with one attached hydrogen (secondary N) is 1. The van der Waals surface area contributed by atoms with E-state index < -0.39 is 0 Å². The Bertz CT molecular complexity index is 1690. The molecule has 1 atom stereocenters. The minimum Gasteiger partial charge on any atom is -0.338 e. The van der Waals surface area contributed by atoms with Crippen molar-refractivity contribution in [3.63, 3.8) is 0 Å². The second-order valence-corrected chi connectivity index (χ2v) is 10.9. The van der Waals surface area contributed by atoms with Gasteiger partial charge in [-0.05, 0) is 55.6 Å². The van der Waals surface area contributed by atoms with Crippen LogP contribution in [-0.4, -0.2) is 85.8 Å². The lowest BCUT2D eigenvalue weighted by Crippen LogP contribution is -2.42. The molecular formula is C32H34N8O2. The van der Waals surface area contributed by atoms with Crippen LogP contribution >= 0.6 is 0 Å². The minimum absolute atomic E-state index is 0.0768. The second kappa shape index (κ2) is 11.6. The Kier molecular flexibility index (Phi) is 7.59. The summed E-state index contributed by atoms with van der Waals surface area (Å²) in [6.07, 6.45) is 11.0. The third-order valence-corrected chi connectivity index (χ3v) is 8.23. The van der Waals surface area contributed by atoms with E-state index in [2.05, 4.69) is 49.3 Å². The first kappa shape index (κ1) is 27.4. The third-order valence-electron chi connectivity index (χ3n) is 8.23. The number of terminal acetylenes is 1. The maximum atomic E-state index is 13.5. The number of likely N-dealkylation sites (tertiary alicyclic amines) is 1. The molecule has 2 aromatic heterocycles. The van der Waals surface area contributed by atoms with Crippen molar-refractivity contribution in [1.82, 2.24) is 34.8 Å². The predicted molar refractivity (Wildman–Crippen MR) is 162 cm³/mol. The highest BCUT2D eigenvalue weighted by atomic mass is 16.2. The molecule has 4 aromatic rings. The largest absolute Gasteiger partial charge is 0.338 e. The topological polar surface area (TPSA) is 103 Å². The number of carbonyl (C=O) groups is 2. The van der Waals surface area contributed by atoms with Crippen LogP contribution in [0.4, 0.5) is 5.69 Å². The van der Waals surface area contributed by atoms with Crippen LogP contribution in [0.25, 0.3) is 27.9 Å². The van der Waals surface area contributed by atoms with Gasteiger partial charge < -0.3 is 9.80 Å². The summed E-state index contributed by atoms with van der Waals surface area (Å²) in [4.78, 5) is 36.8. The van der Waals surface area contributed by atoms with Crippen LogP contribution in [0.2, 0.25) is 0 Å². The van der Waals surface area contributed by atoms with E-state index in [0.717, 1.165) is 47.1 Å². The van der Waals surface area contributed by atoms with E-state index in [4.69, 9.17) is 6.42 Å². The fourth-order valence-electron chi connectivity index (χ4n) is 5.89. The van der Waals surface area contributed by atoms with E-state index in [9.17, 15) is 9.59 Å². The lowest BCUT2D eigenvalue weighted by Gasteiger charge is -2.29. The van der Waals surface area contributed by atoms with Crippen molar-refractivity contribution in [3.8, 4) is 23.7 Å². The Morgan fingerprint density at radius 1 is 1.14 bits per heavy atom. The normalized spacial score (nSPS) is 17.3. The van der Waals surface area contributed by atoms with Gasteiger partial charge in [-0.3, -0.25) is 24.3 Å². The highest BCUT2D eigenvalue weighted by molar-refractivity contribution is 5.98. The van der Waals surface area contributed by atoms with E-state index >= 15 is 0 Å². The van der Waals surface area contributed by atoms with E-state index in [0.29, 0.717) is 44.2 Å². The molecule has 0 bridgehead atoms. The number of amides is 2. The molecule has 0 saturated carbocycles. The lowest BCUT2D eigenvalue weighted by molar-refractivity contribution is -0.132. The van der Waals surface area contributed by atoms with Crippen molar-refractivity contribution in [3.05, 3.63) is 66.1 Å². The number of aryl methyl sites for hydroxylation is 1. The van der Waals surface area contributed by atoms with Crippen molar-refractivity contribution in [2.24, 2.45) is 13.0 Å². The second-order valence-electron chi connectivity index (χ2n) is 10.9. The number of hydrogen-bond acceptors (Lipinski definition) is 6. The summed E-state index contributed by atoms with van der Waals surface area (Å²) < 4.78 is 1.69. The molecule has 2 aromatic carbocycles. The summed E-state index contributed by atoms with van der Waals surface area (Å²) >= 11 is 0. The molecule has 1 N–H and O–H groups in total. The fourth-order valence-corrected chi connectivity index (χ4v) is 5.89. The summed E-state index contributed by atoms with van der Waals surface area (Å²) in [5.41, 5.74) is 5.57. The van der Waals surface area contributed by atoms with Gasteiger partial charge in [-0.1, -0.05) is 36.3 Å². The predicted octanol–water partition coefficient (Wildman–Crippen LogP) is 3.33. The number of carbonyl (C=O) groups excluding carboxylic acids is 2. The molecule has 0 aliphatic carbocycles. The first-order valence-electron chi connectivity index (χ1n) is 14.3. The standard InChI is InChI=1S/C32H34N8O2/c1-4-28-27-18-26(10-11-29(27)35-34-28)40(5-2)32(42)25-12-15-38(19-25)20-30(41)39-16-13-23(14-17-39)22-6-8-24(9-7-22)31-33-21-37(3)36-31/h1,6-11,13,18,21,25H,5,12,14-17,19-20H2,2-3H3,(H,34,35)/t25-/m1/s1. The molecule has 2 aliphatic heterocycles. The molecule has 1 fully saturated rings. The van der Waals surface area contributed by atoms with Crippen LogP contribution < -0.4 is 4.90 Å². The fraction of sp³-hybridized carbons (Fsp3) is 0.344. The van der Waals surface area contributed by atoms with Crippen LogP contribution in [0.15, 0.2) is 54.9 Å². The maximum Gasteiger partial charge on any atom is 0.237 e. The first-order chi connectivity index (χ1) is 20.4. The van der Waals surface area contributed by atoms with Crippen LogP contribution in [0.3, 0.4) is 0 Å². The van der Waals surface area contributed by atoms with Crippen molar-refractivity contribution >= 4 is 34.0 Å². The number of hydrogen-bond donors (Lipinski definition) is 1. The summed E-state index contributed by atoms with van der Waals surface area (Å²) in [6, 6.07) is 14.0. The molecule has 4 heterocycles. The number of aromatic amines is 1. The molecule has 2 amide bonds. The number of benzene rings is 2. The summed E-state index contributed by atoms with van der Waals surface area (Å²) in [6.45, 7) is 5.44. The van der Waals surface area contributed by atoms with E-state index in [1.807, 2.05) is 49.2 Å². The SMILES string of the molecule is C#Cc1[nH]nc2ccc(N(CC)C(=O)[C@@H]3CCN(CC(=O)N4CC=C(c5ccc(-c6ncn(C)n6)cc5)CC4)C3)cc12. The van der Waals surface area contributed by atoms with E-state index in [1.54, 1.807) is 15.9 Å². The van der Waals surface area contributed by atoms with Crippen molar-refractivity contribution in [2.75, 3.05) is 44.2 Å². The van der Waals surface area contributed by atoms with Crippen LogP contribution in [0.1, 0.15) is 31.0 Å². The molecule has 0 spiro atoms. The average Bonchev–Trinajstić information content (AvgIpc) is 3.77. The molecule has 0 radical (unpaired) electrons. The van der Waals surface area contributed by atoms with Gasteiger partial charge in [0.05, 0.1) is 18.0 Å². The average molecular weight is 563 g/mol. The third kappa shape index (κ3) is 5.43. The number of nitrogens with zero attached hydrogens (tertiary/aromatic N) is 7. The first-order valence-corrected chi connectivity index (χ1v) is 14.3. The summed E-state index contributed by atoms with van der Waals surface area (Å²) in [5, 5.41) is 12.3. The number of rotatable bonds is 7. The Hall–Kier alpha value is -4.75. The number of aromatic nitrogens is 5. The smallest absolute Gasteiger partial charge is 0.237 e. The highest BCUT2D eigenvalue weighted by Gasteiger charge is 2.33. The molecule has 10 heteroatoms. The number of anilines is 1. The lowest BCUT2D eigenvalue weighted by atomic mass is 9.98. The molecule has 10 nitrogen and oxygen atoms in total. The molecule has 1 saturated heterocycles. The molecule has 6 rings (SSSR count). The van der Waals surface area contributed by atoms with E-state index in [-0.39, 0.29) is 17.7 Å². The van der Waals surface area contributed by atoms with Gasteiger partial charge in [-0.25, -0.2) is 4.98 Å². The summed E-state index contributed by atoms with van der Waals surface area (Å²) in [7, 11) is 1.85. The molecule has 2 aliphatic rings. The number of fused-ring (bicyclic) bond motifs is 1. The monoisotopic (exact) mass is 562 g/mol. The Balaban J connectivity index is 1.03. The highest BCUT2D eigenvalue weighted by Crippen LogP contribution is 2.28. The van der Waals surface area contributed by atoms with Gasteiger partial charge in [0, 0.05) is 49.9 Å². The van der Waals surface area contributed by atoms with Crippen LogP contribution in [0.5, 0.6) is 0 Å². The van der Waals surface area contributed by atoms with Gasteiger partial charge in [-0.2, -0.15) is 10.2 Å². The van der Waals surface area contributed by atoms with Crippen LogP contribution in [0, 0.1) is 18.3 Å². The minimum atomic E-state index is -0.151. The molecule has 42 heavy (non-hydrogen) atoms. The quantitative estimate of drug-likeness (QED) is 0.347. The van der Waals surface area contributed by atoms with Crippen molar-refractivity contribution < 1.29 is 9.59 Å². The zero-order chi connectivity index (χ0) is 29.2. The maximum absolute atomic E-state index is 13.5. The van der Waals surface area contributed by atoms with Gasteiger partial charge in [0.25, 0.3) is 0 Å². The molecule has 0 unspecified atom stereocenters. The van der Waals surface area contributed by atoms with Gasteiger partial charge in [0.15, 0.2) is 5.82 Å². The molecular weight excluding hydrogens is 528 g/mol. The van der Waals surface area contributed by atoms with Crippen molar-refractivity contribution in [1.29, 1.82) is 0 Å². The van der Waals surface area contributed by atoms with Gasteiger partial charge in [0.1, 0.15) is 12.0 Å². The summed E-state index contributed by atoms with van der Waals surface area (Å²) in [5.74, 6) is 3.36. The zero-order valence-electron chi connectivity index (χ0n) is 24.0. The number of H-pyrrole nitrogens is 1. The van der Waals surface area contributed by atoms with Gasteiger partial charge in [0.2, 0.25) is 11.8 Å². The van der Waals surface area contributed by atoms with Gasteiger partial charge >= 0.3 is 0 Å². The zero-order valence-corrected chi connectivity index (χ0v) is 24.0.